The molecular formula is C14H13NO5S. The molecule has 0 saturated carbocycles. The number of aryl methyl sites for hydroxylation is 1. The Hall–Kier alpha value is -2.41. The van der Waals surface area contributed by atoms with Gasteiger partial charge < -0.3 is 9.84 Å². The number of nitro groups is 1. The lowest BCUT2D eigenvalue weighted by Crippen LogP contribution is -2.00. The molecule has 110 valence electrons. The van der Waals surface area contributed by atoms with Crippen LogP contribution in [0.15, 0.2) is 30.3 Å². The summed E-state index contributed by atoms with van der Waals surface area (Å²) < 4.78 is 5.51. The quantitative estimate of drug-likeness (QED) is 0.651. The highest BCUT2D eigenvalue weighted by Gasteiger charge is 2.16. The Morgan fingerprint density at radius 2 is 2.19 bits per heavy atom. The number of benzene rings is 1. The monoisotopic (exact) mass is 307 g/mol. The van der Waals surface area contributed by atoms with E-state index in [4.69, 9.17) is 9.84 Å². The molecule has 0 aliphatic heterocycles. The molecule has 1 aromatic carbocycles. The van der Waals surface area contributed by atoms with Gasteiger partial charge in [0.15, 0.2) is 4.88 Å². The maximum Gasteiger partial charge on any atom is 0.349 e. The van der Waals surface area contributed by atoms with E-state index in [1.54, 1.807) is 18.2 Å². The number of aromatic carboxylic acids is 1. The Morgan fingerprint density at radius 3 is 2.81 bits per heavy atom. The summed E-state index contributed by atoms with van der Waals surface area (Å²) in [5.41, 5.74) is 0.596. The number of nitro benzene ring substituents is 1. The first-order valence-corrected chi connectivity index (χ1v) is 7.05. The zero-order valence-corrected chi connectivity index (χ0v) is 12.1. The van der Waals surface area contributed by atoms with E-state index in [1.807, 2.05) is 6.92 Å². The van der Waals surface area contributed by atoms with Crippen molar-refractivity contribution in [1.82, 2.24) is 0 Å². The van der Waals surface area contributed by atoms with Crippen molar-refractivity contribution in [3.05, 3.63) is 55.8 Å². The number of ether oxygens (including phenoxy) is 1. The SMILES string of the molecule is CCc1cc(OCc2cccc([N+](=O)[O-])c2)c(C(=O)O)s1. The number of non-ortho nitro benzene ring substituents is 1. The predicted molar refractivity (Wildman–Crippen MR) is 78.1 cm³/mol. The molecule has 0 amide bonds. The number of carboxylic acid groups (broad SMARTS) is 1. The second-order valence-electron chi connectivity index (χ2n) is 4.28. The third-order valence-electron chi connectivity index (χ3n) is 2.81. The van der Waals surface area contributed by atoms with Gasteiger partial charge in [0.1, 0.15) is 12.4 Å². The molecule has 1 aromatic heterocycles. The van der Waals surface area contributed by atoms with Gasteiger partial charge in [-0.3, -0.25) is 10.1 Å². The Bertz CT molecular complexity index is 680. The van der Waals surface area contributed by atoms with E-state index in [0.29, 0.717) is 11.3 Å². The molecule has 21 heavy (non-hydrogen) atoms. The maximum absolute atomic E-state index is 11.1. The molecule has 7 heteroatoms. The van der Waals surface area contributed by atoms with Gasteiger partial charge in [0.25, 0.3) is 5.69 Å². The summed E-state index contributed by atoms with van der Waals surface area (Å²) in [7, 11) is 0. The summed E-state index contributed by atoms with van der Waals surface area (Å²) in [5.74, 6) is -0.732. The molecule has 0 radical (unpaired) electrons. The van der Waals surface area contributed by atoms with E-state index in [0.717, 1.165) is 11.3 Å². The molecule has 0 aliphatic rings. The van der Waals surface area contributed by atoms with E-state index in [2.05, 4.69) is 0 Å². The van der Waals surface area contributed by atoms with Gasteiger partial charge in [-0.25, -0.2) is 4.79 Å². The van der Waals surface area contributed by atoms with E-state index >= 15 is 0 Å². The molecule has 2 aromatic rings. The number of carbonyl (C=O) groups is 1. The van der Waals surface area contributed by atoms with Crippen LogP contribution < -0.4 is 4.74 Å². The first-order valence-electron chi connectivity index (χ1n) is 6.23. The molecule has 0 spiro atoms. The number of nitrogens with zero attached hydrogens (tertiary/aromatic N) is 1. The number of carboxylic acids is 1. The van der Waals surface area contributed by atoms with Crippen LogP contribution in [0.2, 0.25) is 0 Å². The number of hydrogen-bond acceptors (Lipinski definition) is 5. The van der Waals surface area contributed by atoms with Crippen LogP contribution in [-0.2, 0) is 13.0 Å². The Morgan fingerprint density at radius 1 is 1.43 bits per heavy atom. The van der Waals surface area contributed by atoms with Gasteiger partial charge in [-0.2, -0.15) is 0 Å². The Kier molecular flexibility index (Phi) is 4.54. The van der Waals surface area contributed by atoms with Gasteiger partial charge >= 0.3 is 5.97 Å². The molecule has 0 bridgehead atoms. The summed E-state index contributed by atoms with van der Waals surface area (Å²) in [6, 6.07) is 7.77. The molecule has 6 nitrogen and oxygen atoms in total. The lowest BCUT2D eigenvalue weighted by atomic mass is 10.2. The highest BCUT2D eigenvalue weighted by molar-refractivity contribution is 7.14. The van der Waals surface area contributed by atoms with Crippen LogP contribution in [0.3, 0.4) is 0 Å². The van der Waals surface area contributed by atoms with Gasteiger partial charge in [0.2, 0.25) is 0 Å². The number of hydrogen-bond donors (Lipinski definition) is 1. The molecule has 1 N–H and O–H groups in total. The average molecular weight is 307 g/mol. The zero-order chi connectivity index (χ0) is 15.4. The van der Waals surface area contributed by atoms with Crippen molar-refractivity contribution >= 4 is 23.0 Å². The van der Waals surface area contributed by atoms with Crippen LogP contribution in [-0.4, -0.2) is 16.0 Å². The highest BCUT2D eigenvalue weighted by Crippen LogP contribution is 2.30. The molecule has 0 saturated heterocycles. The van der Waals surface area contributed by atoms with Crippen molar-refractivity contribution < 1.29 is 19.6 Å². The molecule has 0 fully saturated rings. The fraction of sp³-hybridized carbons (Fsp3) is 0.214. The second kappa shape index (κ2) is 6.36. The largest absolute Gasteiger partial charge is 0.487 e. The molecule has 2 rings (SSSR count). The summed E-state index contributed by atoms with van der Waals surface area (Å²) in [5, 5.41) is 19.8. The number of rotatable bonds is 6. The maximum atomic E-state index is 11.1. The fourth-order valence-corrected chi connectivity index (χ4v) is 2.65. The molecular weight excluding hydrogens is 294 g/mol. The molecule has 0 unspecified atom stereocenters. The number of thiophene rings is 1. The van der Waals surface area contributed by atoms with E-state index < -0.39 is 10.9 Å². The minimum Gasteiger partial charge on any atom is -0.487 e. The fourth-order valence-electron chi connectivity index (χ4n) is 1.77. The van der Waals surface area contributed by atoms with Crippen LogP contribution in [0.4, 0.5) is 5.69 Å². The van der Waals surface area contributed by atoms with Crippen molar-refractivity contribution in [2.45, 2.75) is 20.0 Å². The first-order chi connectivity index (χ1) is 10.0. The van der Waals surface area contributed by atoms with E-state index in [9.17, 15) is 14.9 Å². The van der Waals surface area contributed by atoms with Crippen LogP contribution in [0.1, 0.15) is 27.0 Å². The van der Waals surface area contributed by atoms with Gasteiger partial charge in [-0.15, -0.1) is 11.3 Å². The molecule has 0 atom stereocenters. The third-order valence-corrected chi connectivity index (χ3v) is 4.06. The van der Waals surface area contributed by atoms with E-state index in [1.165, 1.54) is 23.5 Å². The Balaban J connectivity index is 2.16. The van der Waals surface area contributed by atoms with Crippen molar-refractivity contribution in [3.63, 3.8) is 0 Å². The van der Waals surface area contributed by atoms with Gasteiger partial charge in [-0.1, -0.05) is 19.1 Å². The minimum absolute atomic E-state index is 0.0193. The van der Waals surface area contributed by atoms with Crippen molar-refractivity contribution in [3.8, 4) is 5.75 Å². The highest BCUT2D eigenvalue weighted by atomic mass is 32.1. The van der Waals surface area contributed by atoms with E-state index in [-0.39, 0.29) is 17.2 Å². The third kappa shape index (κ3) is 3.57. The lowest BCUT2D eigenvalue weighted by molar-refractivity contribution is -0.384. The average Bonchev–Trinajstić information content (AvgIpc) is 2.89. The van der Waals surface area contributed by atoms with Crippen molar-refractivity contribution in [2.75, 3.05) is 0 Å². The molecule has 0 aliphatic carbocycles. The summed E-state index contributed by atoms with van der Waals surface area (Å²) >= 11 is 1.18. The van der Waals surface area contributed by atoms with Gasteiger partial charge in [0, 0.05) is 17.0 Å². The van der Waals surface area contributed by atoms with Crippen LogP contribution in [0.25, 0.3) is 0 Å². The predicted octanol–water partition coefficient (Wildman–Crippen LogP) is 3.50. The minimum atomic E-state index is -1.03. The lowest BCUT2D eigenvalue weighted by Gasteiger charge is -2.05. The second-order valence-corrected chi connectivity index (χ2v) is 5.42. The summed E-state index contributed by atoms with van der Waals surface area (Å²) in [6.07, 6.45) is 0.727. The Labute approximate surface area is 124 Å². The normalized spacial score (nSPS) is 10.3. The summed E-state index contributed by atoms with van der Waals surface area (Å²) in [4.78, 5) is 22.4. The smallest absolute Gasteiger partial charge is 0.349 e. The van der Waals surface area contributed by atoms with Gasteiger partial charge in [0.05, 0.1) is 4.92 Å². The van der Waals surface area contributed by atoms with Crippen LogP contribution in [0, 0.1) is 10.1 Å². The summed E-state index contributed by atoms with van der Waals surface area (Å²) in [6.45, 7) is 2.02. The van der Waals surface area contributed by atoms with Crippen LogP contribution in [0.5, 0.6) is 5.75 Å². The zero-order valence-electron chi connectivity index (χ0n) is 11.2. The van der Waals surface area contributed by atoms with Crippen molar-refractivity contribution in [1.29, 1.82) is 0 Å². The van der Waals surface area contributed by atoms with Gasteiger partial charge in [-0.05, 0) is 18.1 Å². The molecule has 1 heterocycles. The topological polar surface area (TPSA) is 89.7 Å². The van der Waals surface area contributed by atoms with Crippen molar-refractivity contribution in [2.24, 2.45) is 0 Å². The van der Waals surface area contributed by atoms with Crippen LogP contribution >= 0.6 is 11.3 Å². The standard InChI is InChI=1S/C14H13NO5S/c1-2-11-7-12(13(21-11)14(16)17)20-8-9-4-3-5-10(6-9)15(18)19/h3-7H,2,8H2,1H3,(H,16,17). The first kappa shape index (κ1) is 15.0.